The molecule has 17 heavy (non-hydrogen) atoms. The van der Waals surface area contributed by atoms with Gasteiger partial charge in [-0.25, -0.2) is 0 Å². The molecule has 2 heteroatoms. The van der Waals surface area contributed by atoms with Crippen LogP contribution in [0.3, 0.4) is 0 Å². The van der Waals surface area contributed by atoms with Gasteiger partial charge in [0.1, 0.15) is 5.75 Å². The second-order valence-electron chi connectivity index (χ2n) is 5.86. The molecule has 0 heterocycles. The fraction of sp³-hybridized carbons (Fsp3) is 0.600. The Morgan fingerprint density at radius 3 is 2.29 bits per heavy atom. The molecule has 0 bridgehead atoms. The molecule has 0 fully saturated rings. The lowest BCUT2D eigenvalue weighted by Gasteiger charge is -2.23. The van der Waals surface area contributed by atoms with Crippen LogP contribution in [0.15, 0.2) is 24.3 Å². The van der Waals surface area contributed by atoms with E-state index in [0.717, 1.165) is 18.9 Å². The summed E-state index contributed by atoms with van der Waals surface area (Å²) in [5.74, 6) is 1.47. The van der Waals surface area contributed by atoms with Gasteiger partial charge < -0.3 is 10.1 Å². The lowest BCUT2D eigenvalue weighted by Crippen LogP contribution is -2.39. The van der Waals surface area contributed by atoms with Crippen molar-refractivity contribution in [1.29, 1.82) is 0 Å². The predicted octanol–water partition coefficient (Wildman–Crippen LogP) is 3.40. The van der Waals surface area contributed by atoms with Crippen molar-refractivity contribution in [2.75, 3.05) is 13.2 Å². The summed E-state index contributed by atoms with van der Waals surface area (Å²) >= 11 is 0. The van der Waals surface area contributed by atoms with E-state index in [2.05, 4.69) is 52.1 Å². The van der Waals surface area contributed by atoms with Crippen LogP contribution in [0.2, 0.25) is 0 Å². The normalized spacial score (nSPS) is 13.5. The average molecular weight is 235 g/mol. The van der Waals surface area contributed by atoms with E-state index in [1.807, 2.05) is 12.1 Å². The van der Waals surface area contributed by atoms with Gasteiger partial charge in [0.05, 0.1) is 6.61 Å². The fourth-order valence-corrected chi connectivity index (χ4v) is 1.41. The van der Waals surface area contributed by atoms with Gasteiger partial charge in [-0.15, -0.1) is 0 Å². The van der Waals surface area contributed by atoms with Crippen LogP contribution in [0, 0.1) is 12.8 Å². The number of rotatable bonds is 5. The third-order valence-corrected chi connectivity index (χ3v) is 2.54. The summed E-state index contributed by atoms with van der Waals surface area (Å²) < 4.78 is 5.75. The van der Waals surface area contributed by atoms with Gasteiger partial charge in [0.2, 0.25) is 0 Å². The monoisotopic (exact) mass is 235 g/mol. The maximum atomic E-state index is 5.75. The summed E-state index contributed by atoms with van der Waals surface area (Å²) in [6.07, 6.45) is 0. The highest BCUT2D eigenvalue weighted by Gasteiger charge is 2.11. The van der Waals surface area contributed by atoms with E-state index in [-0.39, 0.29) is 5.54 Å². The molecule has 0 aliphatic carbocycles. The standard InChI is InChI=1S/C15H25NO/c1-12-6-8-14(9-7-12)17-11-13(2)10-16-15(3,4)5/h6-9,13,16H,10-11H2,1-5H3. The van der Waals surface area contributed by atoms with E-state index in [1.54, 1.807) is 0 Å². The summed E-state index contributed by atoms with van der Waals surface area (Å²) in [6.45, 7) is 12.6. The molecule has 1 aromatic carbocycles. The van der Waals surface area contributed by atoms with Gasteiger partial charge in [0, 0.05) is 18.0 Å². The molecular formula is C15H25NO. The Kier molecular flexibility index (Phi) is 5.01. The van der Waals surface area contributed by atoms with Crippen molar-refractivity contribution in [1.82, 2.24) is 5.32 Å². The summed E-state index contributed by atoms with van der Waals surface area (Å²) in [6, 6.07) is 8.21. The van der Waals surface area contributed by atoms with Gasteiger partial charge in [-0.3, -0.25) is 0 Å². The zero-order chi connectivity index (χ0) is 12.9. The second-order valence-corrected chi connectivity index (χ2v) is 5.86. The zero-order valence-corrected chi connectivity index (χ0v) is 11.7. The van der Waals surface area contributed by atoms with Gasteiger partial charge >= 0.3 is 0 Å². The van der Waals surface area contributed by atoms with Crippen molar-refractivity contribution < 1.29 is 4.74 Å². The highest BCUT2D eigenvalue weighted by Crippen LogP contribution is 2.12. The van der Waals surface area contributed by atoms with Gasteiger partial charge in [0.15, 0.2) is 0 Å². The molecule has 1 rings (SSSR count). The van der Waals surface area contributed by atoms with Crippen molar-refractivity contribution in [3.05, 3.63) is 29.8 Å². The molecule has 1 aromatic rings. The van der Waals surface area contributed by atoms with E-state index in [0.29, 0.717) is 5.92 Å². The minimum atomic E-state index is 0.179. The van der Waals surface area contributed by atoms with Crippen molar-refractivity contribution in [3.8, 4) is 5.75 Å². The van der Waals surface area contributed by atoms with Crippen LogP contribution >= 0.6 is 0 Å². The Hall–Kier alpha value is -1.02. The molecule has 0 saturated carbocycles. The molecule has 0 aliphatic heterocycles. The Bertz CT molecular complexity index is 324. The third-order valence-electron chi connectivity index (χ3n) is 2.54. The van der Waals surface area contributed by atoms with E-state index in [1.165, 1.54) is 5.56 Å². The molecule has 0 radical (unpaired) electrons. The number of nitrogens with one attached hydrogen (secondary N) is 1. The van der Waals surface area contributed by atoms with E-state index in [4.69, 9.17) is 4.74 Å². The largest absolute Gasteiger partial charge is 0.493 e. The van der Waals surface area contributed by atoms with E-state index < -0.39 is 0 Å². The van der Waals surface area contributed by atoms with Crippen molar-refractivity contribution in [2.24, 2.45) is 5.92 Å². The summed E-state index contributed by atoms with van der Waals surface area (Å²) in [7, 11) is 0. The maximum Gasteiger partial charge on any atom is 0.119 e. The molecule has 0 aliphatic rings. The lowest BCUT2D eigenvalue weighted by atomic mass is 10.1. The molecule has 0 aromatic heterocycles. The number of aryl methyl sites for hydroxylation is 1. The number of hydrogen-bond acceptors (Lipinski definition) is 2. The molecule has 1 atom stereocenters. The highest BCUT2D eigenvalue weighted by molar-refractivity contribution is 5.26. The van der Waals surface area contributed by atoms with E-state index >= 15 is 0 Å². The first-order valence-corrected chi connectivity index (χ1v) is 6.31. The van der Waals surface area contributed by atoms with Gasteiger partial charge in [-0.2, -0.15) is 0 Å². The van der Waals surface area contributed by atoms with Gasteiger partial charge in [0.25, 0.3) is 0 Å². The average Bonchev–Trinajstić information content (AvgIpc) is 2.25. The number of ether oxygens (including phenoxy) is 1. The first kappa shape index (κ1) is 14.0. The lowest BCUT2D eigenvalue weighted by molar-refractivity contribution is 0.244. The van der Waals surface area contributed by atoms with Crippen LogP contribution in [-0.4, -0.2) is 18.7 Å². The first-order valence-electron chi connectivity index (χ1n) is 6.31. The molecule has 0 saturated heterocycles. The smallest absolute Gasteiger partial charge is 0.119 e. The van der Waals surface area contributed by atoms with Crippen LogP contribution in [0.1, 0.15) is 33.3 Å². The van der Waals surface area contributed by atoms with Crippen LogP contribution in [0.25, 0.3) is 0 Å². The maximum absolute atomic E-state index is 5.75. The fourth-order valence-electron chi connectivity index (χ4n) is 1.41. The molecular weight excluding hydrogens is 210 g/mol. The quantitative estimate of drug-likeness (QED) is 0.844. The summed E-state index contributed by atoms with van der Waals surface area (Å²) in [5.41, 5.74) is 1.44. The van der Waals surface area contributed by atoms with Crippen LogP contribution < -0.4 is 10.1 Å². The molecule has 96 valence electrons. The Labute approximate surface area is 105 Å². The Morgan fingerprint density at radius 2 is 1.76 bits per heavy atom. The number of benzene rings is 1. The van der Waals surface area contributed by atoms with Gasteiger partial charge in [-0.1, -0.05) is 24.6 Å². The second kappa shape index (κ2) is 6.06. The van der Waals surface area contributed by atoms with Crippen molar-refractivity contribution >= 4 is 0 Å². The Morgan fingerprint density at radius 1 is 1.18 bits per heavy atom. The molecule has 0 amide bonds. The SMILES string of the molecule is Cc1ccc(OCC(C)CNC(C)(C)C)cc1. The summed E-state index contributed by atoms with van der Waals surface area (Å²) in [5, 5.41) is 3.49. The van der Waals surface area contributed by atoms with E-state index in [9.17, 15) is 0 Å². The Balaban J connectivity index is 2.28. The van der Waals surface area contributed by atoms with Gasteiger partial charge in [-0.05, 0) is 39.8 Å². The highest BCUT2D eigenvalue weighted by atomic mass is 16.5. The van der Waals surface area contributed by atoms with Crippen LogP contribution in [0.5, 0.6) is 5.75 Å². The van der Waals surface area contributed by atoms with Crippen LogP contribution in [-0.2, 0) is 0 Å². The molecule has 0 spiro atoms. The molecule has 1 unspecified atom stereocenters. The molecule has 2 nitrogen and oxygen atoms in total. The zero-order valence-electron chi connectivity index (χ0n) is 11.7. The minimum Gasteiger partial charge on any atom is -0.493 e. The number of hydrogen-bond donors (Lipinski definition) is 1. The third kappa shape index (κ3) is 6.32. The predicted molar refractivity (Wildman–Crippen MR) is 73.6 cm³/mol. The summed E-state index contributed by atoms with van der Waals surface area (Å²) in [4.78, 5) is 0. The van der Waals surface area contributed by atoms with Crippen LogP contribution in [0.4, 0.5) is 0 Å². The topological polar surface area (TPSA) is 21.3 Å². The first-order chi connectivity index (χ1) is 7.87. The molecule has 1 N–H and O–H groups in total. The van der Waals surface area contributed by atoms with Crippen molar-refractivity contribution in [2.45, 2.75) is 40.2 Å². The minimum absolute atomic E-state index is 0.179. The van der Waals surface area contributed by atoms with Crippen molar-refractivity contribution in [3.63, 3.8) is 0 Å².